The number of hydrogen-bond donors (Lipinski definition) is 0. The second-order valence-electron chi connectivity index (χ2n) is 9.18. The van der Waals surface area contributed by atoms with Crippen LogP contribution in [0, 0.1) is 22.2 Å². The summed E-state index contributed by atoms with van der Waals surface area (Å²) in [6.07, 6.45) is 1.91. The SMILES string of the molecule is COC(=O)[C@@]12C(=O)CC(C)(C)[C@@H](C(=O)[C@H]1[Si](C)(C)C)C21CC1. The summed E-state index contributed by atoms with van der Waals surface area (Å²) in [5, 5.41) is 0. The van der Waals surface area contributed by atoms with Gasteiger partial charge in [-0.3, -0.25) is 14.4 Å². The zero-order valence-corrected chi connectivity index (χ0v) is 15.4. The molecule has 0 aromatic heterocycles. The van der Waals surface area contributed by atoms with Gasteiger partial charge in [0.05, 0.1) is 15.2 Å². The molecule has 22 heavy (non-hydrogen) atoms. The van der Waals surface area contributed by atoms with Gasteiger partial charge in [0.15, 0.2) is 5.78 Å². The molecule has 122 valence electrons. The Kier molecular flexibility index (Phi) is 2.97. The van der Waals surface area contributed by atoms with E-state index in [1.54, 1.807) is 0 Å². The Labute approximate surface area is 133 Å². The molecule has 0 aliphatic heterocycles. The summed E-state index contributed by atoms with van der Waals surface area (Å²) in [5.74, 6) is -0.503. The molecule has 3 aliphatic carbocycles. The smallest absolute Gasteiger partial charge is 0.320 e. The van der Waals surface area contributed by atoms with Crippen LogP contribution in [0.4, 0.5) is 0 Å². The minimum atomic E-state index is -2.05. The Morgan fingerprint density at radius 3 is 2.14 bits per heavy atom. The molecule has 3 rings (SSSR count). The van der Waals surface area contributed by atoms with Gasteiger partial charge < -0.3 is 4.74 Å². The lowest BCUT2D eigenvalue weighted by molar-refractivity contribution is -0.168. The molecule has 3 saturated carbocycles. The number of esters is 1. The van der Waals surface area contributed by atoms with Crippen molar-refractivity contribution >= 4 is 25.6 Å². The number of rotatable bonds is 2. The summed E-state index contributed by atoms with van der Waals surface area (Å²) in [4.78, 5) is 39.4. The van der Waals surface area contributed by atoms with E-state index in [-0.39, 0.29) is 22.9 Å². The molecule has 0 heterocycles. The first-order chi connectivity index (χ1) is 9.97. The van der Waals surface area contributed by atoms with E-state index in [4.69, 9.17) is 4.74 Å². The normalized spacial score (nSPS) is 38.3. The van der Waals surface area contributed by atoms with Crippen molar-refractivity contribution in [1.82, 2.24) is 0 Å². The third kappa shape index (κ3) is 1.51. The fourth-order valence-electron chi connectivity index (χ4n) is 5.88. The first-order valence-electron chi connectivity index (χ1n) is 8.12. The van der Waals surface area contributed by atoms with E-state index in [2.05, 4.69) is 19.6 Å². The van der Waals surface area contributed by atoms with Crippen LogP contribution < -0.4 is 0 Å². The number of carbonyl (C=O) groups excluding carboxylic acids is 3. The predicted molar refractivity (Wildman–Crippen MR) is 85.1 cm³/mol. The van der Waals surface area contributed by atoms with E-state index >= 15 is 0 Å². The van der Waals surface area contributed by atoms with Crippen molar-refractivity contribution in [1.29, 1.82) is 0 Å². The van der Waals surface area contributed by atoms with E-state index in [1.165, 1.54) is 7.11 Å². The number of hydrogen-bond acceptors (Lipinski definition) is 4. The summed E-state index contributed by atoms with van der Waals surface area (Å²) in [7, 11) is -0.702. The number of Topliss-reactive ketones (excluding diaryl/α,β-unsaturated/α-hetero) is 2. The van der Waals surface area contributed by atoms with Crippen LogP contribution in [0.25, 0.3) is 0 Å². The Balaban J connectivity index is 2.33. The van der Waals surface area contributed by atoms with E-state index in [9.17, 15) is 14.4 Å². The summed E-state index contributed by atoms with van der Waals surface area (Å²) >= 11 is 0. The number of carbonyl (C=O) groups is 3. The molecular formula is C17H26O4Si. The third-order valence-electron chi connectivity index (χ3n) is 6.34. The standard InChI is InChI=1S/C17H26O4Si/c1-15(2)9-10(18)17(14(20)21-3)13(22(4,5)6)11(19)12(15)16(17)7-8-16/h12-13H,7-9H2,1-6H3/t12-,13-,17-/m1/s1. The van der Waals surface area contributed by atoms with Crippen LogP contribution in [-0.4, -0.2) is 32.7 Å². The Bertz CT molecular complexity index is 582. The maximum absolute atomic E-state index is 13.4. The summed E-state index contributed by atoms with van der Waals surface area (Å²) in [6.45, 7) is 10.3. The van der Waals surface area contributed by atoms with Crippen LogP contribution in [0.1, 0.15) is 33.1 Å². The highest BCUT2D eigenvalue weighted by atomic mass is 28.3. The number of ether oxygens (including phenoxy) is 1. The van der Waals surface area contributed by atoms with Crippen molar-refractivity contribution in [3.05, 3.63) is 0 Å². The van der Waals surface area contributed by atoms with Gasteiger partial charge in [0.1, 0.15) is 11.2 Å². The molecule has 0 aromatic rings. The summed E-state index contributed by atoms with van der Waals surface area (Å²) < 4.78 is 5.11. The first-order valence-corrected chi connectivity index (χ1v) is 11.7. The molecular weight excluding hydrogens is 296 g/mol. The molecule has 0 N–H and O–H groups in total. The fourth-order valence-corrected chi connectivity index (χ4v) is 8.77. The van der Waals surface area contributed by atoms with Gasteiger partial charge in [0.2, 0.25) is 0 Å². The molecule has 3 aliphatic rings. The molecule has 0 amide bonds. The molecule has 0 saturated heterocycles. The highest BCUT2D eigenvalue weighted by molar-refractivity contribution is 6.81. The van der Waals surface area contributed by atoms with Gasteiger partial charge in [-0.15, -0.1) is 0 Å². The monoisotopic (exact) mass is 322 g/mol. The molecule has 0 radical (unpaired) electrons. The van der Waals surface area contributed by atoms with Gasteiger partial charge >= 0.3 is 5.97 Å². The van der Waals surface area contributed by atoms with E-state index < -0.39 is 30.4 Å². The largest absolute Gasteiger partial charge is 0.468 e. The molecule has 0 aromatic carbocycles. The van der Waals surface area contributed by atoms with Gasteiger partial charge in [-0.25, -0.2) is 0 Å². The van der Waals surface area contributed by atoms with Gasteiger partial charge in [-0.1, -0.05) is 33.5 Å². The van der Waals surface area contributed by atoms with E-state index in [0.717, 1.165) is 12.8 Å². The molecule has 4 nitrogen and oxygen atoms in total. The van der Waals surface area contributed by atoms with Crippen molar-refractivity contribution in [2.45, 2.75) is 58.3 Å². The third-order valence-corrected chi connectivity index (χ3v) is 8.79. The highest BCUT2D eigenvalue weighted by Gasteiger charge is 2.85. The van der Waals surface area contributed by atoms with Gasteiger partial charge in [0.25, 0.3) is 0 Å². The van der Waals surface area contributed by atoms with Gasteiger partial charge in [0, 0.05) is 23.3 Å². The van der Waals surface area contributed by atoms with Crippen LogP contribution in [0.15, 0.2) is 0 Å². The maximum Gasteiger partial charge on any atom is 0.320 e. The second kappa shape index (κ2) is 4.10. The first kappa shape index (κ1) is 15.9. The summed E-state index contributed by atoms with van der Waals surface area (Å²) in [6, 6.07) is 0. The Morgan fingerprint density at radius 1 is 1.18 bits per heavy atom. The minimum Gasteiger partial charge on any atom is -0.468 e. The van der Waals surface area contributed by atoms with Crippen molar-refractivity contribution in [2.24, 2.45) is 22.2 Å². The minimum absolute atomic E-state index is 0.0450. The molecule has 3 atom stereocenters. The fraction of sp³-hybridized carbons (Fsp3) is 0.824. The van der Waals surface area contributed by atoms with Crippen molar-refractivity contribution in [3.63, 3.8) is 0 Å². The summed E-state index contributed by atoms with van der Waals surface area (Å²) in [5.41, 5.74) is -2.43. The van der Waals surface area contributed by atoms with Crippen LogP contribution in [0.3, 0.4) is 0 Å². The van der Waals surface area contributed by atoms with Crippen LogP contribution in [0.5, 0.6) is 0 Å². The van der Waals surface area contributed by atoms with E-state index in [1.807, 2.05) is 13.8 Å². The zero-order valence-electron chi connectivity index (χ0n) is 14.4. The average molecular weight is 322 g/mol. The van der Waals surface area contributed by atoms with Crippen molar-refractivity contribution < 1.29 is 19.1 Å². The quantitative estimate of drug-likeness (QED) is 0.445. The number of methoxy groups -OCH3 is 1. The Hall–Kier alpha value is -0.973. The second-order valence-corrected chi connectivity index (χ2v) is 14.5. The van der Waals surface area contributed by atoms with Crippen LogP contribution >= 0.6 is 0 Å². The molecule has 2 bridgehead atoms. The van der Waals surface area contributed by atoms with Crippen LogP contribution in [-0.2, 0) is 19.1 Å². The van der Waals surface area contributed by atoms with Gasteiger partial charge in [-0.2, -0.15) is 0 Å². The predicted octanol–water partition coefficient (Wildman–Crippen LogP) is 2.83. The molecule has 3 fully saturated rings. The zero-order chi connectivity index (χ0) is 16.7. The van der Waals surface area contributed by atoms with E-state index in [0.29, 0.717) is 6.42 Å². The van der Waals surface area contributed by atoms with Gasteiger partial charge in [-0.05, 0) is 18.3 Å². The average Bonchev–Trinajstić information content (AvgIpc) is 3.06. The molecule has 0 unspecified atom stereocenters. The maximum atomic E-state index is 13.4. The lowest BCUT2D eigenvalue weighted by Gasteiger charge is -2.47. The highest BCUT2D eigenvalue weighted by Crippen LogP contribution is 2.80. The van der Waals surface area contributed by atoms with Crippen molar-refractivity contribution in [3.8, 4) is 0 Å². The molecule has 5 heteroatoms. The Morgan fingerprint density at radius 2 is 1.73 bits per heavy atom. The molecule has 1 spiro atoms. The van der Waals surface area contributed by atoms with Crippen LogP contribution in [0.2, 0.25) is 25.2 Å². The number of ketones is 2. The van der Waals surface area contributed by atoms with Crippen molar-refractivity contribution in [2.75, 3.05) is 7.11 Å². The lowest BCUT2D eigenvalue weighted by atomic mass is 9.55. The topological polar surface area (TPSA) is 60.4 Å². The lowest BCUT2D eigenvalue weighted by Crippen LogP contribution is -2.57.